The van der Waals surface area contributed by atoms with Gasteiger partial charge in [0.2, 0.25) is 10.0 Å². The van der Waals surface area contributed by atoms with Crippen molar-refractivity contribution in [2.24, 2.45) is 5.41 Å². The van der Waals surface area contributed by atoms with E-state index in [1.165, 1.54) is 0 Å². The van der Waals surface area contributed by atoms with Crippen LogP contribution in [-0.4, -0.2) is 30.8 Å². The van der Waals surface area contributed by atoms with Crippen molar-refractivity contribution >= 4 is 16.0 Å². The molecule has 0 bridgehead atoms. The van der Waals surface area contributed by atoms with Crippen molar-refractivity contribution in [2.45, 2.75) is 64.8 Å². The highest BCUT2D eigenvalue weighted by Crippen LogP contribution is 2.29. The topological polar surface area (TPSA) is 83.5 Å². The van der Waals surface area contributed by atoms with E-state index in [4.69, 9.17) is 0 Å². The summed E-state index contributed by atoms with van der Waals surface area (Å²) in [5.41, 5.74) is -1.37. The predicted molar refractivity (Wildman–Crippen MR) is 74.4 cm³/mol. The number of carboxylic acids is 1. The van der Waals surface area contributed by atoms with E-state index < -0.39 is 21.5 Å². The van der Waals surface area contributed by atoms with Crippen LogP contribution >= 0.6 is 0 Å². The average molecular weight is 291 g/mol. The van der Waals surface area contributed by atoms with Crippen molar-refractivity contribution < 1.29 is 18.3 Å². The normalized spacial score (nSPS) is 20.2. The van der Waals surface area contributed by atoms with Gasteiger partial charge in [-0.2, -0.15) is 4.72 Å². The van der Waals surface area contributed by atoms with Gasteiger partial charge < -0.3 is 5.11 Å². The number of hydrogen-bond donors (Lipinski definition) is 2. The summed E-state index contributed by atoms with van der Waals surface area (Å²) in [5.74, 6) is -1.07. The van der Waals surface area contributed by atoms with E-state index in [9.17, 15) is 18.3 Å². The number of nitrogens with one attached hydrogen (secondary N) is 1. The van der Waals surface area contributed by atoms with Gasteiger partial charge in [-0.1, -0.05) is 40.0 Å². The highest BCUT2D eigenvalue weighted by atomic mass is 32.2. The van der Waals surface area contributed by atoms with E-state index in [0.717, 1.165) is 19.3 Å². The van der Waals surface area contributed by atoms with Gasteiger partial charge in [-0.05, 0) is 24.7 Å². The van der Waals surface area contributed by atoms with E-state index in [1.807, 2.05) is 20.8 Å². The minimum atomic E-state index is -3.55. The summed E-state index contributed by atoms with van der Waals surface area (Å²) >= 11 is 0. The van der Waals surface area contributed by atoms with Crippen molar-refractivity contribution in [2.75, 3.05) is 5.75 Å². The molecule has 0 heterocycles. The van der Waals surface area contributed by atoms with Crippen molar-refractivity contribution in [3.63, 3.8) is 0 Å². The average Bonchev–Trinajstić information content (AvgIpc) is 2.26. The molecule has 0 aromatic carbocycles. The fraction of sp³-hybridized carbons (Fsp3) is 0.923. The van der Waals surface area contributed by atoms with Crippen LogP contribution in [0, 0.1) is 5.41 Å². The molecule has 1 aliphatic carbocycles. The van der Waals surface area contributed by atoms with E-state index in [1.54, 1.807) is 0 Å². The minimum absolute atomic E-state index is 0.0223. The van der Waals surface area contributed by atoms with Crippen LogP contribution < -0.4 is 4.72 Å². The number of hydrogen-bond acceptors (Lipinski definition) is 3. The molecule has 0 spiro atoms. The van der Waals surface area contributed by atoms with Crippen LogP contribution in [-0.2, 0) is 14.8 Å². The van der Waals surface area contributed by atoms with Gasteiger partial charge in [0.15, 0.2) is 0 Å². The van der Waals surface area contributed by atoms with Crippen molar-refractivity contribution in [3.8, 4) is 0 Å². The number of sulfonamides is 1. The van der Waals surface area contributed by atoms with Crippen molar-refractivity contribution in [1.82, 2.24) is 4.72 Å². The van der Waals surface area contributed by atoms with Crippen LogP contribution in [0.1, 0.15) is 59.3 Å². The first-order valence-electron chi connectivity index (χ1n) is 6.81. The minimum Gasteiger partial charge on any atom is -0.480 e. The number of rotatable bonds is 5. The second kappa shape index (κ2) is 5.79. The Kier molecular flexibility index (Phi) is 5.01. The zero-order valence-corrected chi connectivity index (χ0v) is 12.8. The number of carboxylic acid groups (broad SMARTS) is 1. The van der Waals surface area contributed by atoms with Gasteiger partial charge in [-0.3, -0.25) is 4.79 Å². The van der Waals surface area contributed by atoms with Crippen molar-refractivity contribution in [1.29, 1.82) is 0 Å². The Morgan fingerprint density at radius 2 is 1.74 bits per heavy atom. The molecule has 19 heavy (non-hydrogen) atoms. The second-order valence-electron chi connectivity index (χ2n) is 6.68. The van der Waals surface area contributed by atoms with Crippen LogP contribution in [0.2, 0.25) is 0 Å². The maximum atomic E-state index is 12.1. The third-order valence-corrected chi connectivity index (χ3v) is 5.03. The second-order valence-corrected chi connectivity index (χ2v) is 8.52. The summed E-state index contributed by atoms with van der Waals surface area (Å²) in [6.45, 7) is 5.91. The lowest BCUT2D eigenvalue weighted by molar-refractivity contribution is -0.145. The van der Waals surface area contributed by atoms with Gasteiger partial charge in [0.25, 0.3) is 0 Å². The van der Waals surface area contributed by atoms with Gasteiger partial charge in [0.05, 0.1) is 5.75 Å². The van der Waals surface area contributed by atoms with Gasteiger partial charge in [0.1, 0.15) is 5.54 Å². The Morgan fingerprint density at radius 3 is 2.16 bits per heavy atom. The molecular weight excluding hydrogens is 266 g/mol. The SMILES string of the molecule is CC(C)(C)CCS(=O)(=O)NC1(C(=O)O)CCCCC1. The lowest BCUT2D eigenvalue weighted by atomic mass is 9.83. The predicted octanol–water partition coefficient (Wildman–Crippen LogP) is 2.13. The zero-order valence-electron chi connectivity index (χ0n) is 12.0. The first-order chi connectivity index (χ1) is 8.56. The van der Waals surface area contributed by atoms with Gasteiger partial charge in [0, 0.05) is 0 Å². The first-order valence-corrected chi connectivity index (χ1v) is 8.47. The molecule has 1 fully saturated rings. The molecule has 2 N–H and O–H groups in total. The molecule has 0 unspecified atom stereocenters. The first kappa shape index (κ1) is 16.4. The fourth-order valence-corrected chi connectivity index (χ4v) is 4.17. The van der Waals surface area contributed by atoms with Crippen LogP contribution in [0.15, 0.2) is 0 Å². The zero-order chi connectivity index (χ0) is 14.7. The molecule has 5 nitrogen and oxygen atoms in total. The lowest BCUT2D eigenvalue weighted by Crippen LogP contribution is -2.56. The standard InChI is InChI=1S/C13H25NO4S/c1-12(2,3)9-10-19(17,18)14-13(11(15)16)7-5-4-6-8-13/h14H,4-10H2,1-3H3,(H,15,16). The largest absolute Gasteiger partial charge is 0.480 e. The molecule has 0 atom stereocenters. The van der Waals surface area contributed by atoms with Crippen LogP contribution in [0.5, 0.6) is 0 Å². The van der Waals surface area contributed by atoms with Crippen LogP contribution in [0.25, 0.3) is 0 Å². The molecule has 1 saturated carbocycles. The smallest absolute Gasteiger partial charge is 0.324 e. The Bertz CT molecular complexity index is 416. The summed E-state index contributed by atoms with van der Waals surface area (Å²) in [6, 6.07) is 0. The molecule has 1 aliphatic rings. The Hall–Kier alpha value is -0.620. The maximum Gasteiger partial charge on any atom is 0.324 e. The highest BCUT2D eigenvalue weighted by Gasteiger charge is 2.42. The number of carbonyl (C=O) groups is 1. The number of aliphatic carboxylic acids is 1. The molecule has 0 radical (unpaired) electrons. The van der Waals surface area contributed by atoms with E-state index >= 15 is 0 Å². The fourth-order valence-electron chi connectivity index (χ4n) is 2.30. The molecule has 112 valence electrons. The van der Waals surface area contributed by atoms with Crippen LogP contribution in [0.4, 0.5) is 0 Å². The van der Waals surface area contributed by atoms with Crippen molar-refractivity contribution in [3.05, 3.63) is 0 Å². The Morgan fingerprint density at radius 1 is 1.21 bits per heavy atom. The molecular formula is C13H25NO4S. The molecule has 0 aromatic rings. The van der Waals surface area contributed by atoms with Gasteiger partial charge in [-0.15, -0.1) is 0 Å². The quantitative estimate of drug-likeness (QED) is 0.812. The van der Waals surface area contributed by atoms with Gasteiger partial charge in [-0.25, -0.2) is 8.42 Å². The van der Waals surface area contributed by atoms with E-state index in [2.05, 4.69) is 4.72 Å². The summed E-state index contributed by atoms with van der Waals surface area (Å²) in [4.78, 5) is 11.4. The van der Waals surface area contributed by atoms with E-state index in [-0.39, 0.29) is 11.2 Å². The highest BCUT2D eigenvalue weighted by molar-refractivity contribution is 7.89. The van der Waals surface area contributed by atoms with E-state index in [0.29, 0.717) is 19.3 Å². The molecule has 1 rings (SSSR count). The lowest BCUT2D eigenvalue weighted by Gasteiger charge is -2.33. The van der Waals surface area contributed by atoms with Gasteiger partial charge >= 0.3 is 5.97 Å². The molecule has 0 aromatic heterocycles. The molecule has 6 heteroatoms. The molecule has 0 aliphatic heterocycles. The Labute approximate surface area is 115 Å². The summed E-state index contributed by atoms with van der Waals surface area (Å²) < 4.78 is 26.6. The summed E-state index contributed by atoms with van der Waals surface area (Å²) in [7, 11) is -3.55. The maximum absolute atomic E-state index is 12.1. The van der Waals surface area contributed by atoms with Crippen LogP contribution in [0.3, 0.4) is 0 Å². The monoisotopic (exact) mass is 291 g/mol. The molecule has 0 saturated heterocycles. The third kappa shape index (κ3) is 5.10. The molecule has 0 amide bonds. The summed E-state index contributed by atoms with van der Waals surface area (Å²) in [5, 5.41) is 9.35. The Balaban J connectivity index is 2.76. The summed E-state index contributed by atoms with van der Waals surface area (Å²) in [6.07, 6.45) is 3.77. The third-order valence-electron chi connectivity index (χ3n) is 3.59.